The molecule has 0 radical (unpaired) electrons. The number of methoxy groups -OCH3 is 1. The molecule has 0 aliphatic rings. The van der Waals surface area contributed by atoms with Gasteiger partial charge >= 0.3 is 0 Å². The minimum atomic E-state index is -0.314. The van der Waals surface area contributed by atoms with Gasteiger partial charge in [-0.1, -0.05) is 12.1 Å². The Bertz CT molecular complexity index is 1230. The van der Waals surface area contributed by atoms with Crippen molar-refractivity contribution in [1.82, 2.24) is 25.1 Å². The number of halogens is 1. The van der Waals surface area contributed by atoms with Gasteiger partial charge in [0.2, 0.25) is 5.91 Å². The number of benzene rings is 2. The highest BCUT2D eigenvalue weighted by molar-refractivity contribution is 5.82. The van der Waals surface area contributed by atoms with Crippen LogP contribution >= 0.6 is 0 Å². The maximum Gasteiger partial charge on any atom is 0.225 e. The van der Waals surface area contributed by atoms with Crippen LogP contribution in [0.25, 0.3) is 22.3 Å². The van der Waals surface area contributed by atoms with Crippen LogP contribution in [-0.4, -0.2) is 39.4 Å². The summed E-state index contributed by atoms with van der Waals surface area (Å²) in [6, 6.07) is 13.7. The van der Waals surface area contributed by atoms with Crippen LogP contribution in [0.3, 0.4) is 0 Å². The molecule has 166 valence electrons. The Kier molecular flexibility index (Phi) is 6.32. The van der Waals surface area contributed by atoms with E-state index in [2.05, 4.69) is 20.1 Å². The Hall–Kier alpha value is -3.52. The molecule has 0 fully saturated rings. The monoisotopic (exact) mass is 435 g/mol. The van der Waals surface area contributed by atoms with Crippen molar-refractivity contribution in [3.63, 3.8) is 0 Å². The number of aromatic amines is 1. The van der Waals surface area contributed by atoms with Crippen molar-refractivity contribution in [3.05, 3.63) is 71.4 Å². The number of hydrogen-bond donors (Lipinski definition) is 2. The van der Waals surface area contributed by atoms with Crippen LogP contribution in [0.2, 0.25) is 0 Å². The maximum atomic E-state index is 13.3. The van der Waals surface area contributed by atoms with Crippen LogP contribution in [0.15, 0.2) is 48.5 Å². The molecule has 4 rings (SSSR count). The van der Waals surface area contributed by atoms with Gasteiger partial charge in [-0.05, 0) is 50.2 Å². The van der Waals surface area contributed by atoms with Crippen LogP contribution in [-0.2, 0) is 22.5 Å². The zero-order valence-corrected chi connectivity index (χ0v) is 18.4. The first-order valence-corrected chi connectivity index (χ1v) is 10.5. The Balaban J connectivity index is 1.54. The van der Waals surface area contributed by atoms with Gasteiger partial charge < -0.3 is 14.6 Å². The summed E-state index contributed by atoms with van der Waals surface area (Å²) >= 11 is 0. The SMILES string of the molecule is COCCn1c([C@@H](C)NC(=O)Cc2c(-c3ccc(F)cc3)n[nH]c2C)nc2ccccc21. The molecule has 4 aromatic rings. The highest BCUT2D eigenvalue weighted by atomic mass is 19.1. The lowest BCUT2D eigenvalue weighted by molar-refractivity contribution is -0.121. The van der Waals surface area contributed by atoms with Gasteiger partial charge in [0.05, 0.1) is 35.8 Å². The smallest absolute Gasteiger partial charge is 0.225 e. The van der Waals surface area contributed by atoms with Crippen molar-refractivity contribution in [2.45, 2.75) is 32.9 Å². The molecule has 0 saturated heterocycles. The second kappa shape index (κ2) is 9.32. The molecule has 0 spiro atoms. The highest BCUT2D eigenvalue weighted by Gasteiger charge is 2.21. The predicted octanol–water partition coefficient (Wildman–Crippen LogP) is 3.94. The number of para-hydroxylation sites is 2. The summed E-state index contributed by atoms with van der Waals surface area (Å²) in [5, 5.41) is 10.3. The van der Waals surface area contributed by atoms with E-state index in [0.29, 0.717) is 18.8 Å². The molecule has 8 heteroatoms. The maximum absolute atomic E-state index is 13.3. The lowest BCUT2D eigenvalue weighted by atomic mass is 10.0. The van der Waals surface area contributed by atoms with E-state index in [4.69, 9.17) is 9.72 Å². The normalized spacial score (nSPS) is 12.2. The average Bonchev–Trinajstić information content (AvgIpc) is 3.33. The fourth-order valence-corrected chi connectivity index (χ4v) is 3.88. The van der Waals surface area contributed by atoms with Crippen molar-refractivity contribution in [2.75, 3.05) is 13.7 Å². The van der Waals surface area contributed by atoms with Crippen LogP contribution in [0.4, 0.5) is 4.39 Å². The van der Waals surface area contributed by atoms with Crippen molar-refractivity contribution in [3.8, 4) is 11.3 Å². The summed E-state index contributed by atoms with van der Waals surface area (Å²) in [6.45, 7) is 4.98. The molecule has 0 unspecified atom stereocenters. The van der Waals surface area contributed by atoms with E-state index in [-0.39, 0.29) is 24.2 Å². The minimum absolute atomic E-state index is 0.143. The summed E-state index contributed by atoms with van der Waals surface area (Å²) in [7, 11) is 1.66. The third-order valence-corrected chi connectivity index (χ3v) is 5.50. The van der Waals surface area contributed by atoms with Gasteiger partial charge in [0, 0.05) is 30.5 Å². The molecule has 2 heterocycles. The number of amides is 1. The van der Waals surface area contributed by atoms with E-state index >= 15 is 0 Å². The molecular weight excluding hydrogens is 409 g/mol. The van der Waals surface area contributed by atoms with Gasteiger partial charge in [-0.3, -0.25) is 9.89 Å². The number of fused-ring (bicyclic) bond motifs is 1. The van der Waals surface area contributed by atoms with Gasteiger partial charge in [-0.15, -0.1) is 0 Å². The molecule has 0 bridgehead atoms. The first-order chi connectivity index (χ1) is 15.5. The van der Waals surface area contributed by atoms with Crippen molar-refractivity contribution < 1.29 is 13.9 Å². The number of hydrogen-bond acceptors (Lipinski definition) is 4. The van der Waals surface area contributed by atoms with Crippen LogP contribution < -0.4 is 5.32 Å². The number of H-pyrrole nitrogens is 1. The molecule has 2 N–H and O–H groups in total. The largest absolute Gasteiger partial charge is 0.383 e. The van der Waals surface area contributed by atoms with Gasteiger partial charge in [0.15, 0.2) is 0 Å². The summed E-state index contributed by atoms with van der Waals surface area (Å²) in [6.07, 6.45) is 0.150. The van der Waals surface area contributed by atoms with E-state index in [1.807, 2.05) is 38.1 Å². The molecule has 0 saturated carbocycles. The van der Waals surface area contributed by atoms with Gasteiger partial charge in [0.1, 0.15) is 11.6 Å². The molecule has 0 aliphatic carbocycles. The number of nitrogens with zero attached hydrogens (tertiary/aromatic N) is 3. The van der Waals surface area contributed by atoms with Crippen molar-refractivity contribution >= 4 is 16.9 Å². The van der Waals surface area contributed by atoms with Gasteiger partial charge in [0.25, 0.3) is 0 Å². The number of imidazole rings is 1. The summed E-state index contributed by atoms with van der Waals surface area (Å²) in [4.78, 5) is 17.7. The number of rotatable bonds is 8. The first kappa shape index (κ1) is 21.7. The number of aromatic nitrogens is 4. The molecule has 0 aliphatic heterocycles. The van der Waals surface area contributed by atoms with Gasteiger partial charge in [-0.25, -0.2) is 9.37 Å². The zero-order valence-electron chi connectivity index (χ0n) is 18.4. The van der Waals surface area contributed by atoms with E-state index in [9.17, 15) is 9.18 Å². The average molecular weight is 436 g/mol. The molecule has 1 amide bonds. The third kappa shape index (κ3) is 4.40. The molecule has 2 aromatic heterocycles. The minimum Gasteiger partial charge on any atom is -0.383 e. The number of nitrogens with one attached hydrogen (secondary N) is 2. The van der Waals surface area contributed by atoms with Gasteiger partial charge in [-0.2, -0.15) is 5.10 Å². The van der Waals surface area contributed by atoms with Crippen LogP contribution in [0.1, 0.15) is 30.0 Å². The topological polar surface area (TPSA) is 84.8 Å². The lowest BCUT2D eigenvalue weighted by Crippen LogP contribution is -2.30. The van der Waals surface area contributed by atoms with E-state index < -0.39 is 0 Å². The lowest BCUT2D eigenvalue weighted by Gasteiger charge is -2.16. The number of aryl methyl sites for hydroxylation is 1. The van der Waals surface area contributed by atoms with E-state index in [0.717, 1.165) is 33.7 Å². The van der Waals surface area contributed by atoms with Crippen LogP contribution in [0.5, 0.6) is 0 Å². The zero-order chi connectivity index (χ0) is 22.7. The molecule has 2 aromatic carbocycles. The standard InChI is InChI=1S/C24H26FN5O2/c1-15-19(23(29-28-15)17-8-10-18(25)11-9-17)14-22(31)26-16(2)24-27-20-6-4-5-7-21(20)30(24)12-13-32-3/h4-11,16H,12-14H2,1-3H3,(H,26,31)(H,28,29)/t16-/m1/s1. The second-order valence-electron chi connectivity index (χ2n) is 7.75. The van der Waals surface area contributed by atoms with E-state index in [1.165, 1.54) is 12.1 Å². The van der Waals surface area contributed by atoms with Crippen LogP contribution in [0, 0.1) is 12.7 Å². The molecule has 32 heavy (non-hydrogen) atoms. The fourth-order valence-electron chi connectivity index (χ4n) is 3.88. The Morgan fingerprint density at radius 3 is 2.72 bits per heavy atom. The Morgan fingerprint density at radius 2 is 1.97 bits per heavy atom. The Morgan fingerprint density at radius 1 is 1.22 bits per heavy atom. The highest BCUT2D eigenvalue weighted by Crippen LogP contribution is 2.25. The second-order valence-corrected chi connectivity index (χ2v) is 7.75. The number of carbonyl (C=O) groups excluding carboxylic acids is 1. The van der Waals surface area contributed by atoms with Crippen molar-refractivity contribution in [2.24, 2.45) is 0 Å². The number of carbonyl (C=O) groups is 1. The Labute approximate surface area is 185 Å². The fraction of sp³-hybridized carbons (Fsp3) is 0.292. The van der Waals surface area contributed by atoms with E-state index in [1.54, 1.807) is 19.2 Å². The molecule has 7 nitrogen and oxygen atoms in total. The third-order valence-electron chi connectivity index (χ3n) is 5.50. The number of ether oxygens (including phenoxy) is 1. The summed E-state index contributed by atoms with van der Waals surface area (Å²) in [5.74, 6) is 0.320. The predicted molar refractivity (Wildman–Crippen MR) is 121 cm³/mol. The summed E-state index contributed by atoms with van der Waals surface area (Å²) < 4.78 is 20.6. The first-order valence-electron chi connectivity index (χ1n) is 10.5. The molecule has 1 atom stereocenters. The van der Waals surface area contributed by atoms with Crippen molar-refractivity contribution in [1.29, 1.82) is 0 Å². The molecular formula is C24H26FN5O2. The quantitative estimate of drug-likeness (QED) is 0.439. The summed E-state index contributed by atoms with van der Waals surface area (Å²) in [5.41, 5.74) is 4.88.